The molecule has 11 nitrogen and oxygen atoms in total. The number of carboxylic acids is 1. The van der Waals surface area contributed by atoms with Crippen molar-refractivity contribution in [3.8, 4) is 11.1 Å². The summed E-state index contributed by atoms with van der Waals surface area (Å²) in [4.78, 5) is 71.1. The summed E-state index contributed by atoms with van der Waals surface area (Å²) in [6.07, 6.45) is 6.77. The number of benzene rings is 2. The summed E-state index contributed by atoms with van der Waals surface area (Å²) in [5.74, 6) is -3.32. The highest BCUT2D eigenvalue weighted by molar-refractivity contribution is 6.30. The molecule has 1 saturated carbocycles. The van der Waals surface area contributed by atoms with Gasteiger partial charge < -0.3 is 30.3 Å². The molecule has 0 unspecified atom stereocenters. The van der Waals surface area contributed by atoms with E-state index in [1.165, 1.54) is 4.90 Å². The third-order valence-corrected chi connectivity index (χ3v) is 10.5. The van der Waals surface area contributed by atoms with E-state index in [0.29, 0.717) is 30.0 Å². The van der Waals surface area contributed by atoms with Crippen molar-refractivity contribution < 1.29 is 33.8 Å². The molecule has 0 spiro atoms. The van der Waals surface area contributed by atoms with Crippen molar-refractivity contribution >= 4 is 41.4 Å². The summed E-state index contributed by atoms with van der Waals surface area (Å²) < 4.78 is 5.48. The van der Waals surface area contributed by atoms with Crippen molar-refractivity contribution in [3.05, 3.63) is 71.3 Å². The molecule has 4 amide bonds. The predicted molar refractivity (Wildman–Crippen MR) is 187 cm³/mol. The van der Waals surface area contributed by atoms with Crippen LogP contribution in [0.2, 0.25) is 5.02 Å². The minimum absolute atomic E-state index is 0.184. The molecule has 1 aliphatic carbocycles. The summed E-state index contributed by atoms with van der Waals surface area (Å²) >= 11 is 6.21. The molecule has 4 aliphatic rings. The summed E-state index contributed by atoms with van der Waals surface area (Å²) in [5.41, 5.74) is -0.0277. The van der Waals surface area contributed by atoms with Gasteiger partial charge in [-0.15, -0.1) is 0 Å². The summed E-state index contributed by atoms with van der Waals surface area (Å²) in [5, 5.41) is 16.4. The molecular formula is C38H45ClN4O7. The van der Waals surface area contributed by atoms with E-state index >= 15 is 0 Å². The van der Waals surface area contributed by atoms with E-state index in [9.17, 15) is 29.1 Å². The second-order valence-corrected chi connectivity index (χ2v) is 15.4. The number of hydrogen-bond acceptors (Lipinski definition) is 6. The maximum Gasteiger partial charge on any atom is 0.408 e. The Morgan fingerprint density at radius 2 is 1.74 bits per heavy atom. The fourth-order valence-electron chi connectivity index (χ4n) is 7.67. The zero-order valence-corrected chi connectivity index (χ0v) is 29.4. The minimum atomic E-state index is -1.45. The van der Waals surface area contributed by atoms with Gasteiger partial charge in [0.1, 0.15) is 23.2 Å². The standard InChI is InChI=1S/C38H45ClN4O7/c1-37(2,3)50-36(49)40-30-16-8-6-4-5-7-14-27-19-38(27,35(47)48)41-32(44)31-29-22-42(20-26(29)21-43(31)34(30)46)33(45)25-13-9-11-23(17-25)24-12-10-15-28(39)18-24/h7,9-15,17-18,26-27,29-31H,4-6,8,16,19-22H2,1-3H3,(H,40,49)(H,41,44)(H,47,48)/b14-7-/t26-,27+,29-,30+,31-,38-/m0/s1. The minimum Gasteiger partial charge on any atom is -0.479 e. The number of allylic oxidation sites excluding steroid dienone is 1. The van der Waals surface area contributed by atoms with Gasteiger partial charge in [0.25, 0.3) is 5.91 Å². The monoisotopic (exact) mass is 704 g/mol. The first-order valence-corrected chi connectivity index (χ1v) is 17.8. The maximum absolute atomic E-state index is 14.3. The Labute approximate surface area is 297 Å². The normalized spacial score (nSPS) is 29.0. The number of fused-ring (bicyclic) bond motifs is 4. The van der Waals surface area contributed by atoms with Crippen molar-refractivity contribution in [1.29, 1.82) is 0 Å². The second kappa shape index (κ2) is 14.1. The van der Waals surface area contributed by atoms with Crippen LogP contribution in [0.1, 0.15) is 69.7 Å². The number of rotatable bonds is 4. The van der Waals surface area contributed by atoms with Crippen LogP contribution in [-0.2, 0) is 19.1 Å². The van der Waals surface area contributed by atoms with Gasteiger partial charge in [0.2, 0.25) is 11.8 Å². The molecule has 266 valence electrons. The molecule has 12 heteroatoms. The van der Waals surface area contributed by atoms with Crippen molar-refractivity contribution in [1.82, 2.24) is 20.4 Å². The maximum atomic E-state index is 14.3. The highest BCUT2D eigenvalue weighted by Gasteiger charge is 2.62. The van der Waals surface area contributed by atoms with Gasteiger partial charge in [0.05, 0.1) is 0 Å². The average molecular weight is 705 g/mol. The third-order valence-electron chi connectivity index (χ3n) is 10.2. The number of carbonyl (C=O) groups is 5. The number of ether oxygens (including phenoxy) is 1. The lowest BCUT2D eigenvalue weighted by Crippen LogP contribution is -2.58. The van der Waals surface area contributed by atoms with Crippen LogP contribution < -0.4 is 10.6 Å². The number of amides is 4. The average Bonchev–Trinajstić information content (AvgIpc) is 3.41. The predicted octanol–water partition coefficient (Wildman–Crippen LogP) is 5.28. The van der Waals surface area contributed by atoms with E-state index in [4.69, 9.17) is 16.3 Å². The number of halogens is 1. The first kappa shape index (κ1) is 35.4. The van der Waals surface area contributed by atoms with Gasteiger partial charge in [0.15, 0.2) is 0 Å². The van der Waals surface area contributed by atoms with Crippen LogP contribution in [-0.4, -0.2) is 87.5 Å². The van der Waals surface area contributed by atoms with Gasteiger partial charge in [0, 0.05) is 48.0 Å². The molecular weight excluding hydrogens is 660 g/mol. The lowest BCUT2D eigenvalue weighted by molar-refractivity contribution is -0.146. The molecule has 3 heterocycles. The molecule has 3 fully saturated rings. The Morgan fingerprint density at radius 3 is 2.46 bits per heavy atom. The van der Waals surface area contributed by atoms with Crippen LogP contribution in [0.25, 0.3) is 11.1 Å². The lowest BCUT2D eigenvalue weighted by Gasteiger charge is -2.33. The molecule has 0 radical (unpaired) electrons. The van der Waals surface area contributed by atoms with E-state index in [1.54, 1.807) is 37.8 Å². The summed E-state index contributed by atoms with van der Waals surface area (Å²) in [6, 6.07) is 12.7. The molecule has 0 aromatic heterocycles. The molecule has 0 bridgehead atoms. The first-order chi connectivity index (χ1) is 23.8. The highest BCUT2D eigenvalue weighted by Crippen LogP contribution is 2.46. The zero-order valence-electron chi connectivity index (χ0n) is 28.7. The molecule has 2 saturated heterocycles. The number of nitrogens with one attached hydrogen (secondary N) is 2. The SMILES string of the molecule is CC(C)(C)OC(=O)N[C@@H]1CCCCC/C=C\[C@@H]2C[C@]2(C(=O)O)NC(=O)[C@@H]2[C@H]3CN(C(=O)c4cccc(-c5cccc(Cl)c5)c4)C[C@H]3CN2C1=O. The Kier molecular flexibility index (Phi) is 9.99. The second-order valence-electron chi connectivity index (χ2n) is 15.0. The van der Waals surface area contributed by atoms with Crippen LogP contribution in [0.3, 0.4) is 0 Å². The Morgan fingerprint density at radius 1 is 1.00 bits per heavy atom. The Bertz CT molecular complexity index is 1710. The molecule has 6 rings (SSSR count). The van der Waals surface area contributed by atoms with E-state index in [2.05, 4.69) is 10.6 Å². The first-order valence-electron chi connectivity index (χ1n) is 17.4. The van der Waals surface area contributed by atoms with Crippen molar-refractivity contribution in [2.24, 2.45) is 17.8 Å². The topological polar surface area (TPSA) is 145 Å². The Balaban J connectivity index is 1.27. The van der Waals surface area contributed by atoms with Crippen molar-refractivity contribution in [2.75, 3.05) is 19.6 Å². The molecule has 3 aliphatic heterocycles. The van der Waals surface area contributed by atoms with Crippen LogP contribution in [0.5, 0.6) is 0 Å². The number of nitrogens with zero attached hydrogens (tertiary/aromatic N) is 2. The molecule has 50 heavy (non-hydrogen) atoms. The number of aliphatic carboxylic acids is 1. The van der Waals surface area contributed by atoms with Crippen molar-refractivity contribution in [2.45, 2.75) is 82.5 Å². The quantitative estimate of drug-likeness (QED) is 0.368. The fourth-order valence-corrected chi connectivity index (χ4v) is 7.86. The van der Waals surface area contributed by atoms with E-state index in [0.717, 1.165) is 30.4 Å². The van der Waals surface area contributed by atoms with E-state index in [-0.39, 0.29) is 37.3 Å². The highest BCUT2D eigenvalue weighted by atomic mass is 35.5. The number of alkyl carbamates (subject to hydrolysis) is 1. The van der Waals surface area contributed by atoms with Crippen molar-refractivity contribution in [3.63, 3.8) is 0 Å². The van der Waals surface area contributed by atoms with Gasteiger partial charge in [-0.25, -0.2) is 9.59 Å². The van der Waals surface area contributed by atoms with E-state index in [1.807, 2.05) is 48.6 Å². The number of carboxylic acid groups (broad SMARTS) is 1. The molecule has 2 aromatic carbocycles. The largest absolute Gasteiger partial charge is 0.479 e. The molecule has 6 atom stereocenters. The Hall–Kier alpha value is -4.38. The van der Waals surface area contributed by atoms with Gasteiger partial charge in [-0.1, -0.05) is 60.9 Å². The van der Waals surface area contributed by atoms with Gasteiger partial charge in [-0.3, -0.25) is 14.4 Å². The fraction of sp³-hybridized carbons (Fsp3) is 0.500. The van der Waals surface area contributed by atoms with Crippen LogP contribution in [0, 0.1) is 17.8 Å². The third kappa shape index (κ3) is 7.52. The van der Waals surface area contributed by atoms with E-state index < -0.39 is 53.0 Å². The number of hydrogen-bond donors (Lipinski definition) is 3. The number of likely N-dealkylation sites (tertiary alicyclic amines) is 1. The smallest absolute Gasteiger partial charge is 0.408 e. The van der Waals surface area contributed by atoms with Gasteiger partial charge >= 0.3 is 12.1 Å². The van der Waals surface area contributed by atoms with Crippen LogP contribution in [0.4, 0.5) is 4.79 Å². The molecule has 3 N–H and O–H groups in total. The van der Waals surface area contributed by atoms with Gasteiger partial charge in [-0.05, 0) is 81.8 Å². The summed E-state index contributed by atoms with van der Waals surface area (Å²) in [6.45, 7) is 5.93. The van der Waals surface area contributed by atoms with Crippen LogP contribution in [0.15, 0.2) is 60.7 Å². The number of carbonyl (C=O) groups excluding carboxylic acids is 4. The zero-order chi connectivity index (χ0) is 35.8. The van der Waals surface area contributed by atoms with Crippen LogP contribution >= 0.6 is 11.6 Å². The molecule has 2 aromatic rings. The van der Waals surface area contributed by atoms with Gasteiger partial charge in [-0.2, -0.15) is 0 Å². The summed E-state index contributed by atoms with van der Waals surface area (Å²) in [7, 11) is 0. The lowest BCUT2D eigenvalue weighted by atomic mass is 9.93.